The molecule has 1 aromatic rings. The third-order valence-corrected chi connectivity index (χ3v) is 2.76. The quantitative estimate of drug-likeness (QED) is 0.339. The van der Waals surface area contributed by atoms with Gasteiger partial charge in [-0.25, -0.2) is 5.43 Å². The number of benzene rings is 1. The highest BCUT2D eigenvalue weighted by molar-refractivity contribution is 6.35. The van der Waals surface area contributed by atoms with Gasteiger partial charge in [0.25, 0.3) is 0 Å². The largest absolute Gasteiger partial charge is 0.383 e. The Morgan fingerprint density at radius 1 is 1.19 bits per heavy atom. The summed E-state index contributed by atoms with van der Waals surface area (Å²) in [7, 11) is 1.52. The summed E-state index contributed by atoms with van der Waals surface area (Å²) in [6.45, 7) is 2.46. The number of hydrogen-bond donors (Lipinski definition) is 2. The first-order valence-electron chi connectivity index (χ1n) is 6.77. The Morgan fingerprint density at radius 2 is 1.90 bits per heavy atom. The normalized spacial score (nSPS) is 11.0. The van der Waals surface area contributed by atoms with Gasteiger partial charge in [-0.15, -0.1) is 0 Å². The number of carbonyl (C=O) groups excluding carboxylic acids is 2. The molecule has 0 radical (unpaired) electrons. The number of methoxy groups -OCH3 is 1. The lowest BCUT2D eigenvalue weighted by Crippen LogP contribution is -2.39. The van der Waals surface area contributed by atoms with E-state index in [0.717, 1.165) is 18.6 Å². The van der Waals surface area contributed by atoms with E-state index in [1.54, 1.807) is 0 Å². The van der Waals surface area contributed by atoms with Gasteiger partial charge >= 0.3 is 11.8 Å². The van der Waals surface area contributed by atoms with Gasteiger partial charge in [-0.1, -0.05) is 30.3 Å². The zero-order valence-corrected chi connectivity index (χ0v) is 12.4. The molecule has 2 N–H and O–H groups in total. The molecule has 1 rings (SSSR count). The molecule has 2 amide bonds. The van der Waals surface area contributed by atoms with Gasteiger partial charge in [0.2, 0.25) is 0 Å². The van der Waals surface area contributed by atoms with Crippen molar-refractivity contribution in [3.05, 3.63) is 35.9 Å². The zero-order valence-electron chi connectivity index (χ0n) is 12.4. The summed E-state index contributed by atoms with van der Waals surface area (Å²) in [6, 6.07) is 10.00. The van der Waals surface area contributed by atoms with Crippen LogP contribution in [0.5, 0.6) is 0 Å². The number of nitrogens with zero attached hydrogens (tertiary/aromatic N) is 1. The van der Waals surface area contributed by atoms with Crippen LogP contribution in [-0.4, -0.2) is 37.8 Å². The van der Waals surface area contributed by atoms with Crippen LogP contribution in [0.1, 0.15) is 18.9 Å². The molecule has 0 fully saturated rings. The molecule has 0 aliphatic carbocycles. The van der Waals surface area contributed by atoms with E-state index in [4.69, 9.17) is 4.74 Å². The molecule has 0 bridgehead atoms. The standard InChI is InChI=1S/C15H21N3O3/c1-12(8-9-13-6-4-3-5-7-13)17-18-15(20)14(19)16-10-11-21-2/h3-7H,8-11H2,1-2H3,(H,16,19)(H,18,20)/b17-12-. The van der Waals surface area contributed by atoms with E-state index in [-0.39, 0.29) is 0 Å². The number of amides is 2. The number of rotatable bonds is 7. The van der Waals surface area contributed by atoms with Crippen LogP contribution >= 0.6 is 0 Å². The number of carbonyl (C=O) groups is 2. The van der Waals surface area contributed by atoms with Crippen LogP contribution in [0.25, 0.3) is 0 Å². The highest BCUT2D eigenvalue weighted by Gasteiger charge is 2.11. The van der Waals surface area contributed by atoms with E-state index in [1.807, 2.05) is 37.3 Å². The number of ether oxygens (including phenoxy) is 1. The minimum atomic E-state index is -0.773. The maximum Gasteiger partial charge on any atom is 0.329 e. The number of aryl methyl sites for hydroxylation is 1. The fourth-order valence-electron chi connectivity index (χ4n) is 1.57. The van der Waals surface area contributed by atoms with E-state index in [2.05, 4.69) is 15.8 Å². The summed E-state index contributed by atoms with van der Waals surface area (Å²) in [5.74, 6) is -1.49. The summed E-state index contributed by atoms with van der Waals surface area (Å²) in [4.78, 5) is 22.8. The van der Waals surface area contributed by atoms with E-state index in [0.29, 0.717) is 13.2 Å². The van der Waals surface area contributed by atoms with Crippen molar-refractivity contribution in [1.29, 1.82) is 0 Å². The Kier molecular flexibility index (Phi) is 7.74. The van der Waals surface area contributed by atoms with Crippen molar-refractivity contribution in [3.8, 4) is 0 Å². The Labute approximate surface area is 124 Å². The van der Waals surface area contributed by atoms with E-state index >= 15 is 0 Å². The lowest BCUT2D eigenvalue weighted by atomic mass is 10.1. The first kappa shape index (κ1) is 16.8. The molecule has 6 nitrogen and oxygen atoms in total. The molecular formula is C15H21N3O3. The van der Waals surface area contributed by atoms with Crippen LogP contribution < -0.4 is 10.7 Å². The van der Waals surface area contributed by atoms with Crippen molar-refractivity contribution in [2.45, 2.75) is 19.8 Å². The van der Waals surface area contributed by atoms with Crippen LogP contribution in [0.15, 0.2) is 35.4 Å². The van der Waals surface area contributed by atoms with Gasteiger partial charge in [-0.2, -0.15) is 5.10 Å². The highest BCUT2D eigenvalue weighted by atomic mass is 16.5. The predicted octanol–water partition coefficient (Wildman–Crippen LogP) is 0.874. The SMILES string of the molecule is COCCNC(=O)C(=O)N/N=C(/C)CCc1ccccc1. The third-order valence-electron chi connectivity index (χ3n) is 2.76. The second-order valence-electron chi connectivity index (χ2n) is 4.52. The molecule has 0 saturated carbocycles. The molecule has 0 unspecified atom stereocenters. The molecule has 0 atom stereocenters. The Morgan fingerprint density at radius 3 is 2.57 bits per heavy atom. The molecule has 6 heteroatoms. The van der Waals surface area contributed by atoms with Crippen LogP contribution in [0.2, 0.25) is 0 Å². The fourth-order valence-corrected chi connectivity index (χ4v) is 1.57. The maximum atomic E-state index is 11.4. The Bertz CT molecular complexity index is 486. The van der Waals surface area contributed by atoms with Gasteiger partial charge in [0.05, 0.1) is 6.61 Å². The Balaban J connectivity index is 2.30. The van der Waals surface area contributed by atoms with Crippen molar-refractivity contribution >= 4 is 17.5 Å². The number of hydrogen-bond acceptors (Lipinski definition) is 4. The monoisotopic (exact) mass is 291 g/mol. The molecule has 0 aromatic heterocycles. The summed E-state index contributed by atoms with van der Waals surface area (Å²) < 4.78 is 4.77. The molecule has 0 heterocycles. The Hall–Kier alpha value is -2.21. The predicted molar refractivity (Wildman–Crippen MR) is 80.9 cm³/mol. The molecule has 0 saturated heterocycles. The molecule has 0 aliphatic rings. The average molecular weight is 291 g/mol. The van der Waals surface area contributed by atoms with Gasteiger partial charge in [-0.05, 0) is 25.3 Å². The van der Waals surface area contributed by atoms with E-state index < -0.39 is 11.8 Å². The van der Waals surface area contributed by atoms with E-state index in [9.17, 15) is 9.59 Å². The first-order valence-corrected chi connectivity index (χ1v) is 6.77. The van der Waals surface area contributed by atoms with Gasteiger partial charge in [-0.3, -0.25) is 9.59 Å². The van der Waals surface area contributed by atoms with Crippen molar-refractivity contribution in [2.75, 3.05) is 20.3 Å². The van der Waals surface area contributed by atoms with Crippen LogP contribution in [0.4, 0.5) is 0 Å². The maximum absolute atomic E-state index is 11.4. The van der Waals surface area contributed by atoms with Gasteiger partial charge in [0.1, 0.15) is 0 Å². The smallest absolute Gasteiger partial charge is 0.329 e. The molecular weight excluding hydrogens is 270 g/mol. The highest BCUT2D eigenvalue weighted by Crippen LogP contribution is 2.02. The van der Waals surface area contributed by atoms with Crippen LogP contribution in [-0.2, 0) is 20.7 Å². The average Bonchev–Trinajstić information content (AvgIpc) is 2.51. The lowest BCUT2D eigenvalue weighted by Gasteiger charge is -2.04. The minimum absolute atomic E-state index is 0.291. The molecule has 0 spiro atoms. The van der Waals surface area contributed by atoms with Gasteiger partial charge in [0.15, 0.2) is 0 Å². The minimum Gasteiger partial charge on any atom is -0.383 e. The number of hydrazone groups is 1. The van der Waals surface area contributed by atoms with Crippen molar-refractivity contribution in [1.82, 2.24) is 10.7 Å². The summed E-state index contributed by atoms with van der Waals surface area (Å²) >= 11 is 0. The van der Waals surface area contributed by atoms with Crippen molar-refractivity contribution < 1.29 is 14.3 Å². The van der Waals surface area contributed by atoms with Gasteiger partial charge < -0.3 is 10.1 Å². The summed E-state index contributed by atoms with van der Waals surface area (Å²) in [5.41, 5.74) is 4.21. The van der Waals surface area contributed by atoms with Crippen LogP contribution in [0, 0.1) is 0 Å². The second-order valence-corrected chi connectivity index (χ2v) is 4.52. The van der Waals surface area contributed by atoms with Crippen LogP contribution in [0.3, 0.4) is 0 Å². The summed E-state index contributed by atoms with van der Waals surface area (Å²) in [5, 5.41) is 6.33. The lowest BCUT2D eigenvalue weighted by molar-refractivity contribution is -0.139. The third kappa shape index (κ3) is 7.22. The van der Waals surface area contributed by atoms with E-state index in [1.165, 1.54) is 12.7 Å². The summed E-state index contributed by atoms with van der Waals surface area (Å²) in [6.07, 6.45) is 1.56. The molecule has 0 aliphatic heterocycles. The van der Waals surface area contributed by atoms with Crippen molar-refractivity contribution in [2.24, 2.45) is 5.10 Å². The molecule has 114 valence electrons. The zero-order chi connectivity index (χ0) is 15.5. The van der Waals surface area contributed by atoms with Gasteiger partial charge in [0, 0.05) is 19.4 Å². The second kappa shape index (κ2) is 9.66. The topological polar surface area (TPSA) is 79.8 Å². The van der Waals surface area contributed by atoms with Crippen molar-refractivity contribution in [3.63, 3.8) is 0 Å². The molecule has 21 heavy (non-hydrogen) atoms. The number of nitrogens with one attached hydrogen (secondary N) is 2. The molecule has 1 aromatic carbocycles. The first-order chi connectivity index (χ1) is 10.1. The fraction of sp³-hybridized carbons (Fsp3) is 0.400.